The second kappa shape index (κ2) is 2.88. The lowest BCUT2D eigenvalue weighted by Gasteiger charge is -1.96. The highest BCUT2D eigenvalue weighted by Gasteiger charge is 1.99. The lowest BCUT2D eigenvalue weighted by Crippen LogP contribution is -1.90. The molecule has 0 fully saturated rings. The quantitative estimate of drug-likeness (QED) is 0.558. The number of nitriles is 1. The minimum Gasteiger partial charge on any atom is -0.398 e. The molecule has 3 heteroatoms. The minimum absolute atomic E-state index is 0.639. The summed E-state index contributed by atoms with van der Waals surface area (Å²) in [6.07, 6.45) is 0. The van der Waals surface area contributed by atoms with Crippen molar-refractivity contribution < 1.29 is 0 Å². The van der Waals surface area contributed by atoms with Crippen LogP contribution >= 0.6 is 22.6 Å². The van der Waals surface area contributed by atoms with Gasteiger partial charge in [0, 0.05) is 5.69 Å². The first-order valence-corrected chi connectivity index (χ1v) is 3.77. The van der Waals surface area contributed by atoms with E-state index < -0.39 is 0 Å². The molecule has 0 spiro atoms. The largest absolute Gasteiger partial charge is 0.398 e. The van der Waals surface area contributed by atoms with Gasteiger partial charge in [-0.2, -0.15) is 5.26 Å². The van der Waals surface area contributed by atoms with E-state index in [1.54, 1.807) is 18.2 Å². The number of nitrogens with zero attached hydrogens (tertiary/aromatic N) is 1. The van der Waals surface area contributed by atoms with Gasteiger partial charge in [0.25, 0.3) is 0 Å². The third-order valence-electron chi connectivity index (χ3n) is 1.15. The maximum atomic E-state index is 8.53. The zero-order valence-electron chi connectivity index (χ0n) is 5.13. The van der Waals surface area contributed by atoms with Gasteiger partial charge in [-0.15, -0.1) is 0 Å². The Hall–Kier alpha value is -0.760. The standard InChI is InChI=1S/C7H5IN2/c8-7-5(4-9)2-1-3-6(7)10/h1-3H,10H2. The van der Waals surface area contributed by atoms with E-state index >= 15 is 0 Å². The highest BCUT2D eigenvalue weighted by atomic mass is 127. The Labute approximate surface area is 72.8 Å². The Morgan fingerprint density at radius 2 is 2.20 bits per heavy atom. The Morgan fingerprint density at radius 1 is 1.50 bits per heavy atom. The van der Waals surface area contributed by atoms with E-state index in [-0.39, 0.29) is 0 Å². The average Bonchev–Trinajstić information content (AvgIpc) is 1.95. The summed E-state index contributed by atoms with van der Waals surface area (Å²) in [5, 5.41) is 8.53. The predicted octanol–water partition coefficient (Wildman–Crippen LogP) is 1.75. The van der Waals surface area contributed by atoms with Crippen LogP contribution in [0.5, 0.6) is 0 Å². The molecule has 1 aromatic rings. The van der Waals surface area contributed by atoms with E-state index in [9.17, 15) is 0 Å². The number of halogens is 1. The fourth-order valence-electron chi connectivity index (χ4n) is 0.636. The van der Waals surface area contributed by atoms with Crippen molar-refractivity contribution in [2.75, 3.05) is 5.73 Å². The molecule has 0 aliphatic rings. The first-order chi connectivity index (χ1) is 4.75. The van der Waals surface area contributed by atoms with Crippen molar-refractivity contribution >= 4 is 28.3 Å². The molecule has 0 saturated carbocycles. The molecule has 2 nitrogen and oxygen atoms in total. The predicted molar refractivity (Wildman–Crippen MR) is 48.3 cm³/mol. The molecule has 0 radical (unpaired) electrons. The molecule has 10 heavy (non-hydrogen) atoms. The van der Waals surface area contributed by atoms with Crippen LogP contribution in [0.25, 0.3) is 0 Å². The first-order valence-electron chi connectivity index (χ1n) is 2.70. The lowest BCUT2D eigenvalue weighted by atomic mass is 10.2. The van der Waals surface area contributed by atoms with Gasteiger partial charge in [0.05, 0.1) is 9.13 Å². The van der Waals surface area contributed by atoms with Crippen molar-refractivity contribution in [1.82, 2.24) is 0 Å². The number of nitrogen functional groups attached to an aromatic ring is 1. The van der Waals surface area contributed by atoms with Gasteiger partial charge < -0.3 is 5.73 Å². The van der Waals surface area contributed by atoms with Crippen molar-refractivity contribution in [2.45, 2.75) is 0 Å². The topological polar surface area (TPSA) is 49.8 Å². The molecule has 0 heterocycles. The van der Waals surface area contributed by atoms with Crippen LogP contribution in [0.1, 0.15) is 5.56 Å². The van der Waals surface area contributed by atoms with Crippen LogP contribution in [0, 0.1) is 14.9 Å². The molecule has 0 aliphatic heterocycles. The van der Waals surface area contributed by atoms with E-state index in [4.69, 9.17) is 11.0 Å². The van der Waals surface area contributed by atoms with Crippen LogP contribution in [-0.4, -0.2) is 0 Å². The van der Waals surface area contributed by atoms with E-state index in [2.05, 4.69) is 22.6 Å². The van der Waals surface area contributed by atoms with Crippen molar-refractivity contribution in [3.8, 4) is 6.07 Å². The molecule has 0 aromatic heterocycles. The number of benzene rings is 1. The van der Waals surface area contributed by atoms with Crippen LogP contribution in [-0.2, 0) is 0 Å². The fourth-order valence-corrected chi connectivity index (χ4v) is 1.12. The van der Waals surface area contributed by atoms with Crippen LogP contribution in [0.15, 0.2) is 18.2 Å². The SMILES string of the molecule is N#Cc1cccc(N)c1I. The summed E-state index contributed by atoms with van der Waals surface area (Å²) < 4.78 is 0.836. The third kappa shape index (κ3) is 1.21. The number of hydrogen-bond acceptors (Lipinski definition) is 2. The number of hydrogen-bond donors (Lipinski definition) is 1. The highest BCUT2D eigenvalue weighted by molar-refractivity contribution is 14.1. The van der Waals surface area contributed by atoms with Gasteiger partial charge in [-0.1, -0.05) is 6.07 Å². The van der Waals surface area contributed by atoms with Gasteiger partial charge in [-0.25, -0.2) is 0 Å². The fraction of sp³-hybridized carbons (Fsp3) is 0. The Kier molecular flexibility index (Phi) is 2.12. The highest BCUT2D eigenvalue weighted by Crippen LogP contribution is 2.17. The molecule has 0 unspecified atom stereocenters. The normalized spacial score (nSPS) is 8.80. The summed E-state index contributed by atoms with van der Waals surface area (Å²) in [4.78, 5) is 0. The van der Waals surface area contributed by atoms with Crippen molar-refractivity contribution in [2.24, 2.45) is 0 Å². The van der Waals surface area contributed by atoms with Gasteiger partial charge in [0.1, 0.15) is 6.07 Å². The first kappa shape index (κ1) is 7.35. The molecule has 2 N–H and O–H groups in total. The molecule has 0 bridgehead atoms. The Balaban J connectivity index is 3.31. The molecule has 0 amide bonds. The van der Waals surface area contributed by atoms with Gasteiger partial charge in [-0.05, 0) is 34.7 Å². The van der Waals surface area contributed by atoms with Crippen LogP contribution in [0.3, 0.4) is 0 Å². The maximum absolute atomic E-state index is 8.53. The molecular weight excluding hydrogens is 239 g/mol. The molecular formula is C7H5IN2. The van der Waals surface area contributed by atoms with Gasteiger partial charge >= 0.3 is 0 Å². The summed E-state index contributed by atoms with van der Waals surface area (Å²) in [5.74, 6) is 0. The minimum atomic E-state index is 0.639. The zero-order valence-corrected chi connectivity index (χ0v) is 7.29. The Morgan fingerprint density at radius 3 is 2.70 bits per heavy atom. The number of nitrogens with two attached hydrogens (primary N) is 1. The average molecular weight is 244 g/mol. The second-order valence-electron chi connectivity index (χ2n) is 1.82. The van der Waals surface area contributed by atoms with Gasteiger partial charge in [-0.3, -0.25) is 0 Å². The van der Waals surface area contributed by atoms with Crippen molar-refractivity contribution in [3.05, 3.63) is 27.3 Å². The summed E-state index contributed by atoms with van der Waals surface area (Å²) in [7, 11) is 0. The van der Waals surface area contributed by atoms with Crippen molar-refractivity contribution in [3.63, 3.8) is 0 Å². The Bertz CT molecular complexity index is 288. The molecule has 1 aromatic carbocycles. The third-order valence-corrected chi connectivity index (χ3v) is 2.35. The molecule has 0 aliphatic carbocycles. The summed E-state index contributed by atoms with van der Waals surface area (Å²) in [5.41, 5.74) is 6.84. The smallest absolute Gasteiger partial charge is 0.100 e. The van der Waals surface area contributed by atoms with Gasteiger partial charge in [0.2, 0.25) is 0 Å². The molecule has 50 valence electrons. The van der Waals surface area contributed by atoms with E-state index in [1.165, 1.54) is 0 Å². The van der Waals surface area contributed by atoms with E-state index in [0.717, 1.165) is 3.57 Å². The van der Waals surface area contributed by atoms with E-state index in [1.807, 2.05) is 6.07 Å². The monoisotopic (exact) mass is 244 g/mol. The molecule has 1 rings (SSSR count). The summed E-state index contributed by atoms with van der Waals surface area (Å²) in [6.45, 7) is 0. The second-order valence-corrected chi connectivity index (χ2v) is 2.90. The molecule has 0 saturated heterocycles. The van der Waals surface area contributed by atoms with E-state index in [0.29, 0.717) is 11.3 Å². The number of rotatable bonds is 0. The van der Waals surface area contributed by atoms with Crippen LogP contribution in [0.2, 0.25) is 0 Å². The zero-order chi connectivity index (χ0) is 7.56. The summed E-state index contributed by atoms with van der Waals surface area (Å²) in [6, 6.07) is 7.35. The maximum Gasteiger partial charge on any atom is 0.100 e. The summed E-state index contributed by atoms with van der Waals surface area (Å²) >= 11 is 2.06. The lowest BCUT2D eigenvalue weighted by molar-refractivity contribution is 1.46. The van der Waals surface area contributed by atoms with Crippen LogP contribution < -0.4 is 5.73 Å². The van der Waals surface area contributed by atoms with Gasteiger partial charge in [0.15, 0.2) is 0 Å². The van der Waals surface area contributed by atoms with Crippen LogP contribution in [0.4, 0.5) is 5.69 Å². The number of anilines is 1. The van der Waals surface area contributed by atoms with Crippen molar-refractivity contribution in [1.29, 1.82) is 5.26 Å². The molecule has 0 atom stereocenters.